The largest absolute Gasteiger partial charge is 0.504 e. The van der Waals surface area contributed by atoms with E-state index < -0.39 is 0 Å². The number of aromatic hydroxyl groups is 1. The summed E-state index contributed by atoms with van der Waals surface area (Å²) in [6, 6.07) is 16.1. The molecule has 1 aliphatic heterocycles. The van der Waals surface area contributed by atoms with E-state index in [0.29, 0.717) is 36.8 Å². The lowest BCUT2D eigenvalue weighted by molar-refractivity contribution is 0.0530. The Morgan fingerprint density at radius 1 is 0.897 bits per heavy atom. The van der Waals surface area contributed by atoms with Crippen molar-refractivity contribution in [3.8, 4) is 11.4 Å². The lowest BCUT2D eigenvalue weighted by atomic mass is 10.2. The number of carbonyl (C=O) groups is 2. The Kier molecular flexibility index (Phi) is 5.22. The second-order valence-electron chi connectivity index (χ2n) is 6.74. The normalized spacial score (nSPS) is 14.1. The predicted molar refractivity (Wildman–Crippen MR) is 108 cm³/mol. The van der Waals surface area contributed by atoms with E-state index in [0.717, 1.165) is 5.69 Å². The van der Waals surface area contributed by atoms with Gasteiger partial charge in [-0.15, -0.1) is 0 Å². The minimum Gasteiger partial charge on any atom is -0.504 e. The first kappa shape index (κ1) is 19.0. The van der Waals surface area contributed by atoms with Crippen LogP contribution in [0.15, 0.2) is 60.8 Å². The van der Waals surface area contributed by atoms with Gasteiger partial charge in [0.2, 0.25) is 0 Å². The minimum atomic E-state index is -0.355. The van der Waals surface area contributed by atoms with Gasteiger partial charge in [0.25, 0.3) is 11.8 Å². The summed E-state index contributed by atoms with van der Waals surface area (Å²) in [6.45, 7) is 1.53. The van der Waals surface area contributed by atoms with Crippen molar-refractivity contribution in [1.29, 1.82) is 0 Å². The SMILES string of the molecule is O=C(c1cccc(Cl)c1)N1CCN(C(=O)c2nn(-c3ccccc3)cc2O)CC1. The Morgan fingerprint density at radius 2 is 1.55 bits per heavy atom. The van der Waals surface area contributed by atoms with E-state index in [1.165, 1.54) is 10.9 Å². The first-order valence-corrected chi connectivity index (χ1v) is 9.59. The number of hydrogen-bond acceptors (Lipinski definition) is 4. The quantitative estimate of drug-likeness (QED) is 0.720. The van der Waals surface area contributed by atoms with Crippen LogP contribution >= 0.6 is 11.6 Å². The van der Waals surface area contributed by atoms with Crippen LogP contribution < -0.4 is 0 Å². The van der Waals surface area contributed by atoms with Crippen molar-refractivity contribution in [2.45, 2.75) is 0 Å². The van der Waals surface area contributed by atoms with Gasteiger partial charge in [-0.2, -0.15) is 5.10 Å². The molecule has 0 atom stereocenters. The smallest absolute Gasteiger partial charge is 0.278 e. The molecule has 1 saturated heterocycles. The predicted octanol–water partition coefficient (Wildman–Crippen LogP) is 2.83. The number of carbonyl (C=O) groups excluding carboxylic acids is 2. The Balaban J connectivity index is 1.43. The fraction of sp³-hybridized carbons (Fsp3) is 0.190. The molecule has 0 bridgehead atoms. The van der Waals surface area contributed by atoms with Crippen molar-refractivity contribution in [2.75, 3.05) is 26.2 Å². The second-order valence-corrected chi connectivity index (χ2v) is 7.17. The highest BCUT2D eigenvalue weighted by Gasteiger charge is 2.28. The first-order chi connectivity index (χ1) is 14.0. The molecule has 2 amide bonds. The zero-order chi connectivity index (χ0) is 20.4. The highest BCUT2D eigenvalue weighted by Crippen LogP contribution is 2.21. The molecule has 148 valence electrons. The molecule has 1 N–H and O–H groups in total. The van der Waals surface area contributed by atoms with Gasteiger partial charge in [-0.1, -0.05) is 35.9 Å². The fourth-order valence-electron chi connectivity index (χ4n) is 3.30. The van der Waals surface area contributed by atoms with E-state index in [2.05, 4.69) is 5.10 Å². The van der Waals surface area contributed by atoms with Crippen LogP contribution in [0.2, 0.25) is 5.02 Å². The summed E-state index contributed by atoms with van der Waals surface area (Å²) < 4.78 is 1.47. The van der Waals surface area contributed by atoms with E-state index in [1.54, 1.807) is 34.1 Å². The molecule has 1 fully saturated rings. The summed E-state index contributed by atoms with van der Waals surface area (Å²) in [6.07, 6.45) is 1.42. The van der Waals surface area contributed by atoms with Crippen LogP contribution in [0.4, 0.5) is 0 Å². The van der Waals surface area contributed by atoms with Gasteiger partial charge < -0.3 is 14.9 Å². The molecular weight excluding hydrogens is 392 g/mol. The molecule has 0 aliphatic carbocycles. The Labute approximate surface area is 172 Å². The van der Waals surface area contributed by atoms with Crippen molar-refractivity contribution >= 4 is 23.4 Å². The van der Waals surface area contributed by atoms with Gasteiger partial charge in [-0.05, 0) is 30.3 Å². The molecule has 0 spiro atoms. The Morgan fingerprint density at radius 3 is 2.21 bits per heavy atom. The van der Waals surface area contributed by atoms with Crippen LogP contribution in [0.3, 0.4) is 0 Å². The molecule has 3 aromatic rings. The maximum Gasteiger partial charge on any atom is 0.278 e. The van der Waals surface area contributed by atoms with Crippen molar-refractivity contribution < 1.29 is 14.7 Å². The number of benzene rings is 2. The molecule has 7 nitrogen and oxygen atoms in total. The van der Waals surface area contributed by atoms with E-state index in [-0.39, 0.29) is 23.3 Å². The van der Waals surface area contributed by atoms with Crippen molar-refractivity contribution in [2.24, 2.45) is 0 Å². The van der Waals surface area contributed by atoms with E-state index >= 15 is 0 Å². The first-order valence-electron chi connectivity index (χ1n) is 9.21. The van der Waals surface area contributed by atoms with Gasteiger partial charge >= 0.3 is 0 Å². The maximum atomic E-state index is 12.8. The van der Waals surface area contributed by atoms with Gasteiger partial charge in [0.1, 0.15) is 0 Å². The standard InChI is InChI=1S/C21H19ClN4O3/c22-16-6-4-5-15(13-16)20(28)24-9-11-25(12-10-24)21(29)19-18(27)14-26(23-19)17-7-2-1-3-8-17/h1-8,13-14,27H,9-12H2. The third kappa shape index (κ3) is 3.95. The van der Waals surface area contributed by atoms with Crippen molar-refractivity contribution in [1.82, 2.24) is 19.6 Å². The number of rotatable bonds is 3. The molecule has 2 heterocycles. The maximum absolute atomic E-state index is 12.8. The fourth-order valence-corrected chi connectivity index (χ4v) is 3.49. The van der Waals surface area contributed by atoms with Gasteiger partial charge in [-0.25, -0.2) is 4.68 Å². The van der Waals surface area contributed by atoms with E-state index in [9.17, 15) is 14.7 Å². The molecule has 4 rings (SSSR count). The van der Waals surface area contributed by atoms with Crippen LogP contribution in [0, 0.1) is 0 Å². The topological polar surface area (TPSA) is 78.7 Å². The summed E-state index contributed by atoms with van der Waals surface area (Å²) in [5.74, 6) is -0.640. The summed E-state index contributed by atoms with van der Waals surface area (Å²) in [5.41, 5.74) is 1.28. The lowest BCUT2D eigenvalue weighted by Crippen LogP contribution is -2.50. The van der Waals surface area contributed by atoms with E-state index in [4.69, 9.17) is 11.6 Å². The average Bonchev–Trinajstić information content (AvgIpc) is 3.15. The third-order valence-electron chi connectivity index (χ3n) is 4.84. The Hall–Kier alpha value is -3.32. The molecule has 0 unspecified atom stereocenters. The average molecular weight is 411 g/mol. The lowest BCUT2D eigenvalue weighted by Gasteiger charge is -2.34. The zero-order valence-corrected chi connectivity index (χ0v) is 16.3. The van der Waals surface area contributed by atoms with Gasteiger partial charge in [0, 0.05) is 36.8 Å². The van der Waals surface area contributed by atoms with Gasteiger partial charge in [-0.3, -0.25) is 9.59 Å². The van der Waals surface area contributed by atoms with Crippen molar-refractivity contribution in [3.05, 3.63) is 77.1 Å². The van der Waals surface area contributed by atoms with Crippen molar-refractivity contribution in [3.63, 3.8) is 0 Å². The number of hydrogen-bond donors (Lipinski definition) is 1. The van der Waals surface area contributed by atoms with Crippen LogP contribution in [0.1, 0.15) is 20.8 Å². The number of aromatic nitrogens is 2. The van der Waals surface area contributed by atoms with Crippen LogP contribution in [-0.4, -0.2) is 62.7 Å². The highest BCUT2D eigenvalue weighted by atomic mass is 35.5. The van der Waals surface area contributed by atoms with Gasteiger partial charge in [0.15, 0.2) is 11.4 Å². The zero-order valence-electron chi connectivity index (χ0n) is 15.5. The molecular formula is C21H19ClN4O3. The summed E-state index contributed by atoms with van der Waals surface area (Å²) >= 11 is 5.97. The van der Waals surface area contributed by atoms with Crippen LogP contribution in [0.5, 0.6) is 5.75 Å². The summed E-state index contributed by atoms with van der Waals surface area (Å²) in [5, 5.41) is 15.0. The molecule has 0 saturated carbocycles. The van der Waals surface area contributed by atoms with Crippen LogP contribution in [-0.2, 0) is 0 Å². The molecule has 2 aromatic carbocycles. The molecule has 1 aromatic heterocycles. The monoisotopic (exact) mass is 410 g/mol. The number of amides is 2. The van der Waals surface area contributed by atoms with Gasteiger partial charge in [0.05, 0.1) is 11.9 Å². The molecule has 0 radical (unpaired) electrons. The molecule has 29 heavy (non-hydrogen) atoms. The summed E-state index contributed by atoms with van der Waals surface area (Å²) in [4.78, 5) is 28.7. The van der Waals surface area contributed by atoms with Crippen LogP contribution in [0.25, 0.3) is 5.69 Å². The Bertz CT molecular complexity index is 1040. The number of nitrogens with zero attached hydrogens (tertiary/aromatic N) is 4. The second kappa shape index (κ2) is 7.97. The molecule has 8 heteroatoms. The minimum absolute atomic E-state index is 0.00321. The number of piperazine rings is 1. The molecule has 1 aliphatic rings. The number of halogens is 1. The van der Waals surface area contributed by atoms with E-state index in [1.807, 2.05) is 30.3 Å². The third-order valence-corrected chi connectivity index (χ3v) is 5.08. The number of para-hydroxylation sites is 1. The summed E-state index contributed by atoms with van der Waals surface area (Å²) in [7, 11) is 0. The highest BCUT2D eigenvalue weighted by molar-refractivity contribution is 6.30.